The van der Waals surface area contributed by atoms with Gasteiger partial charge in [0.2, 0.25) is 0 Å². The Bertz CT molecular complexity index is 550. The summed E-state index contributed by atoms with van der Waals surface area (Å²) in [6.07, 6.45) is 5.65. The van der Waals surface area contributed by atoms with Gasteiger partial charge in [-0.15, -0.1) is 0 Å². The number of imidazole rings is 1. The molecule has 1 saturated heterocycles. The topological polar surface area (TPSA) is 42.7 Å². The van der Waals surface area contributed by atoms with Gasteiger partial charge in [-0.1, -0.05) is 0 Å². The van der Waals surface area contributed by atoms with Gasteiger partial charge in [-0.25, -0.2) is 9.97 Å². The summed E-state index contributed by atoms with van der Waals surface area (Å²) in [5.74, 6) is 1.83. The highest BCUT2D eigenvalue weighted by Gasteiger charge is 2.32. The fourth-order valence-electron chi connectivity index (χ4n) is 2.80. The lowest BCUT2D eigenvalue weighted by atomic mass is 10.1. The van der Waals surface area contributed by atoms with E-state index in [2.05, 4.69) is 20.9 Å². The summed E-state index contributed by atoms with van der Waals surface area (Å²) in [5.41, 5.74) is 2.14. The van der Waals surface area contributed by atoms with Crippen molar-refractivity contribution in [3.8, 4) is 0 Å². The second-order valence-electron chi connectivity index (χ2n) is 5.11. The van der Waals surface area contributed by atoms with Crippen LogP contribution in [0.2, 0.25) is 0 Å². The Hall–Kier alpha value is -1.42. The van der Waals surface area contributed by atoms with Crippen molar-refractivity contribution in [2.75, 3.05) is 13.1 Å². The van der Waals surface area contributed by atoms with Crippen LogP contribution in [0.25, 0.3) is 11.2 Å². The Labute approximate surface area is 100 Å². The van der Waals surface area contributed by atoms with Crippen molar-refractivity contribution in [3.63, 3.8) is 0 Å². The zero-order valence-corrected chi connectivity index (χ0v) is 9.76. The average molecular weight is 228 g/mol. The number of rotatable bonds is 2. The molecule has 17 heavy (non-hydrogen) atoms. The summed E-state index contributed by atoms with van der Waals surface area (Å²) < 4.78 is 2.40. The highest BCUT2D eigenvalue weighted by molar-refractivity contribution is 5.71. The van der Waals surface area contributed by atoms with E-state index in [1.807, 2.05) is 12.3 Å². The van der Waals surface area contributed by atoms with Crippen molar-refractivity contribution in [3.05, 3.63) is 24.2 Å². The molecule has 0 unspecified atom stereocenters. The van der Waals surface area contributed by atoms with E-state index in [0.29, 0.717) is 12.0 Å². The first-order valence-electron chi connectivity index (χ1n) is 6.47. The smallest absolute Gasteiger partial charge is 0.160 e. The van der Waals surface area contributed by atoms with Crippen LogP contribution in [-0.4, -0.2) is 27.6 Å². The van der Waals surface area contributed by atoms with E-state index in [1.165, 1.54) is 25.1 Å². The predicted molar refractivity (Wildman–Crippen MR) is 66.0 cm³/mol. The van der Waals surface area contributed by atoms with E-state index in [4.69, 9.17) is 4.98 Å². The predicted octanol–water partition coefficient (Wildman–Crippen LogP) is 1.84. The highest BCUT2D eigenvalue weighted by atomic mass is 15.2. The minimum absolute atomic E-state index is 0.574. The van der Waals surface area contributed by atoms with Crippen LogP contribution in [0.15, 0.2) is 18.3 Å². The van der Waals surface area contributed by atoms with Crippen LogP contribution in [0.4, 0.5) is 0 Å². The lowest BCUT2D eigenvalue weighted by Gasteiger charge is -2.11. The van der Waals surface area contributed by atoms with Crippen LogP contribution < -0.4 is 5.32 Å². The van der Waals surface area contributed by atoms with Gasteiger partial charge < -0.3 is 9.88 Å². The van der Waals surface area contributed by atoms with Gasteiger partial charge in [0.25, 0.3) is 0 Å². The van der Waals surface area contributed by atoms with Gasteiger partial charge in [0, 0.05) is 24.7 Å². The lowest BCUT2D eigenvalue weighted by Crippen LogP contribution is -2.12. The van der Waals surface area contributed by atoms with Crippen molar-refractivity contribution < 1.29 is 0 Å². The first-order valence-corrected chi connectivity index (χ1v) is 6.47. The molecule has 2 aromatic rings. The van der Waals surface area contributed by atoms with E-state index < -0.39 is 0 Å². The Morgan fingerprint density at radius 2 is 2.24 bits per heavy atom. The molecular formula is C13H16N4. The molecule has 1 aliphatic heterocycles. The van der Waals surface area contributed by atoms with Crippen LogP contribution in [0.1, 0.15) is 37.0 Å². The highest BCUT2D eigenvalue weighted by Crippen LogP contribution is 2.40. The number of nitrogens with zero attached hydrogens (tertiary/aromatic N) is 3. The van der Waals surface area contributed by atoms with Crippen LogP contribution in [0, 0.1) is 0 Å². The van der Waals surface area contributed by atoms with Crippen molar-refractivity contribution in [2.45, 2.75) is 31.2 Å². The third kappa shape index (κ3) is 1.47. The van der Waals surface area contributed by atoms with Crippen molar-refractivity contribution in [2.24, 2.45) is 0 Å². The molecular weight excluding hydrogens is 212 g/mol. The fourth-order valence-corrected chi connectivity index (χ4v) is 2.80. The second kappa shape index (κ2) is 3.53. The van der Waals surface area contributed by atoms with Gasteiger partial charge in [0.15, 0.2) is 5.65 Å². The molecule has 1 saturated carbocycles. The van der Waals surface area contributed by atoms with Crippen molar-refractivity contribution >= 4 is 11.2 Å². The van der Waals surface area contributed by atoms with E-state index in [-0.39, 0.29) is 0 Å². The largest absolute Gasteiger partial charge is 0.316 e. The molecule has 1 aliphatic carbocycles. The van der Waals surface area contributed by atoms with Crippen LogP contribution >= 0.6 is 0 Å². The fraction of sp³-hybridized carbons (Fsp3) is 0.538. The molecule has 0 bridgehead atoms. The summed E-state index contributed by atoms with van der Waals surface area (Å²) in [7, 11) is 0. The Morgan fingerprint density at radius 1 is 1.29 bits per heavy atom. The number of hydrogen-bond donors (Lipinski definition) is 1. The maximum Gasteiger partial charge on any atom is 0.160 e. The quantitative estimate of drug-likeness (QED) is 0.853. The number of aromatic nitrogens is 3. The number of hydrogen-bond acceptors (Lipinski definition) is 3. The molecule has 0 spiro atoms. The summed E-state index contributed by atoms with van der Waals surface area (Å²) in [5, 5.41) is 3.43. The molecule has 2 fully saturated rings. The Kier molecular flexibility index (Phi) is 1.99. The molecule has 88 valence electrons. The van der Waals surface area contributed by atoms with Gasteiger partial charge in [0.05, 0.1) is 0 Å². The monoisotopic (exact) mass is 228 g/mol. The van der Waals surface area contributed by atoms with Crippen LogP contribution in [0.5, 0.6) is 0 Å². The van der Waals surface area contributed by atoms with E-state index in [9.17, 15) is 0 Å². The molecule has 4 heteroatoms. The molecule has 0 aromatic carbocycles. The first-order chi connectivity index (χ1) is 8.43. The maximum absolute atomic E-state index is 4.82. The molecule has 2 aromatic heterocycles. The molecule has 0 amide bonds. The summed E-state index contributed by atoms with van der Waals surface area (Å²) in [6.45, 7) is 2.18. The van der Waals surface area contributed by atoms with E-state index >= 15 is 0 Å². The van der Waals surface area contributed by atoms with Crippen LogP contribution in [0.3, 0.4) is 0 Å². The van der Waals surface area contributed by atoms with Gasteiger partial charge in [-0.2, -0.15) is 0 Å². The zero-order valence-electron chi connectivity index (χ0n) is 9.76. The van der Waals surface area contributed by atoms with E-state index in [0.717, 1.165) is 24.3 Å². The van der Waals surface area contributed by atoms with E-state index in [1.54, 1.807) is 0 Å². The number of nitrogens with one attached hydrogen (secondary N) is 1. The lowest BCUT2D eigenvalue weighted by molar-refractivity contribution is 0.619. The molecule has 0 radical (unpaired) electrons. The minimum Gasteiger partial charge on any atom is -0.316 e. The molecule has 2 aliphatic rings. The van der Waals surface area contributed by atoms with Gasteiger partial charge in [-0.05, 0) is 37.9 Å². The summed E-state index contributed by atoms with van der Waals surface area (Å²) in [6, 6.07) is 4.71. The average Bonchev–Trinajstić information content (AvgIpc) is 2.94. The number of pyridine rings is 1. The third-order valence-corrected chi connectivity index (χ3v) is 3.81. The normalized spacial score (nSPS) is 24.6. The summed E-state index contributed by atoms with van der Waals surface area (Å²) >= 11 is 0. The van der Waals surface area contributed by atoms with Gasteiger partial charge in [0.1, 0.15) is 11.3 Å². The van der Waals surface area contributed by atoms with Crippen molar-refractivity contribution in [1.29, 1.82) is 0 Å². The third-order valence-electron chi connectivity index (χ3n) is 3.81. The van der Waals surface area contributed by atoms with Crippen molar-refractivity contribution in [1.82, 2.24) is 19.9 Å². The molecule has 4 rings (SSSR count). The standard InChI is InChI=1S/C13H16N4/c1-2-11-13(15-6-1)17(10-3-4-10)12(16-11)9-5-7-14-8-9/h1-2,6,9-10,14H,3-5,7-8H2/t9-/m0/s1. The maximum atomic E-state index is 4.82. The molecule has 3 heterocycles. The molecule has 4 nitrogen and oxygen atoms in total. The van der Waals surface area contributed by atoms with Gasteiger partial charge >= 0.3 is 0 Å². The zero-order chi connectivity index (χ0) is 11.2. The Morgan fingerprint density at radius 3 is 3.00 bits per heavy atom. The second-order valence-corrected chi connectivity index (χ2v) is 5.11. The minimum atomic E-state index is 0.574. The molecule has 1 N–H and O–H groups in total. The van der Waals surface area contributed by atoms with Crippen LogP contribution in [-0.2, 0) is 0 Å². The number of fused-ring (bicyclic) bond motifs is 1. The molecule has 1 atom stereocenters. The first kappa shape index (κ1) is 9.59. The summed E-state index contributed by atoms with van der Waals surface area (Å²) in [4.78, 5) is 9.33. The SMILES string of the molecule is c1cnc2c(c1)nc([C@H]1CCNC1)n2C1CC1. The van der Waals surface area contributed by atoms with Gasteiger partial charge in [-0.3, -0.25) is 0 Å². The Balaban J connectivity index is 1.91.